The van der Waals surface area contributed by atoms with E-state index in [2.05, 4.69) is 0 Å². The predicted molar refractivity (Wildman–Crippen MR) is 75.6 cm³/mol. The number of carbonyl (C=O) groups is 1. The predicted octanol–water partition coefficient (Wildman–Crippen LogP) is 2.85. The summed E-state index contributed by atoms with van der Waals surface area (Å²) in [6, 6.07) is 5.12. The molecular formula is C13H15Cl2NO4. The molecule has 1 aliphatic rings. The number of ether oxygens (including phenoxy) is 2. The summed E-state index contributed by atoms with van der Waals surface area (Å²) in [6.45, 7) is 1.07. The Morgan fingerprint density at radius 1 is 1.45 bits per heavy atom. The monoisotopic (exact) mass is 319 g/mol. The van der Waals surface area contributed by atoms with Gasteiger partial charge >= 0.3 is 6.09 Å². The first-order valence-corrected chi connectivity index (χ1v) is 6.80. The van der Waals surface area contributed by atoms with Crippen LogP contribution in [0.4, 0.5) is 4.79 Å². The molecule has 1 atom stereocenters. The number of amides is 1. The molecule has 1 saturated heterocycles. The maximum Gasteiger partial charge on any atom is 0.407 e. The lowest BCUT2D eigenvalue weighted by Crippen LogP contribution is -2.45. The standard InChI is InChI=1S/C13H15Cl2NO4/c1-19-13(9-2-3-10(14)11(15)6-9)7-16(12(17)18)4-5-20-8-13/h2-3,6H,4-5,7-8H2,1H3,(H,17,18). The quantitative estimate of drug-likeness (QED) is 0.910. The lowest BCUT2D eigenvalue weighted by Gasteiger charge is -2.33. The van der Waals surface area contributed by atoms with E-state index in [0.717, 1.165) is 5.56 Å². The van der Waals surface area contributed by atoms with Crippen LogP contribution in [-0.4, -0.2) is 49.5 Å². The molecule has 1 aromatic carbocycles. The molecule has 0 aliphatic carbocycles. The molecule has 2 rings (SSSR count). The van der Waals surface area contributed by atoms with Gasteiger partial charge in [0.1, 0.15) is 5.60 Å². The van der Waals surface area contributed by atoms with Gasteiger partial charge in [0.25, 0.3) is 0 Å². The van der Waals surface area contributed by atoms with Crippen LogP contribution in [0.2, 0.25) is 10.0 Å². The minimum Gasteiger partial charge on any atom is -0.465 e. The number of benzene rings is 1. The number of carboxylic acid groups (broad SMARTS) is 1. The van der Waals surface area contributed by atoms with Crippen molar-refractivity contribution in [1.29, 1.82) is 0 Å². The van der Waals surface area contributed by atoms with Gasteiger partial charge in [-0.25, -0.2) is 4.79 Å². The van der Waals surface area contributed by atoms with Gasteiger partial charge in [-0.05, 0) is 17.7 Å². The molecule has 20 heavy (non-hydrogen) atoms. The molecule has 5 nitrogen and oxygen atoms in total. The number of methoxy groups -OCH3 is 1. The average Bonchev–Trinajstić information content (AvgIpc) is 2.65. The normalized spacial score (nSPS) is 23.4. The summed E-state index contributed by atoms with van der Waals surface area (Å²) in [5.41, 5.74) is -0.147. The van der Waals surface area contributed by atoms with E-state index in [4.69, 9.17) is 32.7 Å². The summed E-state index contributed by atoms with van der Waals surface area (Å²) in [5, 5.41) is 10.0. The maximum absolute atomic E-state index is 11.2. The first-order chi connectivity index (χ1) is 9.48. The zero-order chi connectivity index (χ0) is 14.8. The smallest absolute Gasteiger partial charge is 0.407 e. The molecule has 0 saturated carbocycles. The van der Waals surface area contributed by atoms with Crippen LogP contribution in [0.1, 0.15) is 5.56 Å². The Hall–Kier alpha value is -1.01. The van der Waals surface area contributed by atoms with Gasteiger partial charge in [-0.15, -0.1) is 0 Å². The maximum atomic E-state index is 11.2. The van der Waals surface area contributed by atoms with Crippen molar-refractivity contribution in [3.8, 4) is 0 Å². The van der Waals surface area contributed by atoms with E-state index in [1.807, 2.05) is 0 Å². The second-order valence-electron chi connectivity index (χ2n) is 4.58. The SMILES string of the molecule is COC1(c2ccc(Cl)c(Cl)c2)COCCN(C(=O)O)C1. The molecule has 1 heterocycles. The fourth-order valence-electron chi connectivity index (χ4n) is 2.20. The molecule has 1 unspecified atom stereocenters. The zero-order valence-electron chi connectivity index (χ0n) is 10.9. The topological polar surface area (TPSA) is 59.0 Å². The summed E-state index contributed by atoms with van der Waals surface area (Å²) in [4.78, 5) is 12.5. The number of nitrogens with zero attached hydrogens (tertiary/aromatic N) is 1. The van der Waals surface area contributed by atoms with Gasteiger partial charge < -0.3 is 19.5 Å². The molecule has 7 heteroatoms. The van der Waals surface area contributed by atoms with Crippen LogP contribution in [0.25, 0.3) is 0 Å². The van der Waals surface area contributed by atoms with Crippen molar-refractivity contribution in [2.24, 2.45) is 0 Å². The third-order valence-electron chi connectivity index (χ3n) is 3.39. The fourth-order valence-corrected chi connectivity index (χ4v) is 2.50. The van der Waals surface area contributed by atoms with E-state index < -0.39 is 11.7 Å². The third-order valence-corrected chi connectivity index (χ3v) is 4.13. The number of hydrogen-bond acceptors (Lipinski definition) is 3. The van der Waals surface area contributed by atoms with Crippen molar-refractivity contribution in [3.63, 3.8) is 0 Å². The zero-order valence-corrected chi connectivity index (χ0v) is 12.4. The van der Waals surface area contributed by atoms with Gasteiger partial charge in [-0.1, -0.05) is 29.3 Å². The van der Waals surface area contributed by atoms with E-state index in [9.17, 15) is 9.90 Å². The molecule has 110 valence electrons. The van der Waals surface area contributed by atoms with Crippen LogP contribution in [0, 0.1) is 0 Å². The minimum absolute atomic E-state index is 0.177. The molecule has 0 bridgehead atoms. The largest absolute Gasteiger partial charge is 0.465 e. The van der Waals surface area contributed by atoms with Crippen molar-refractivity contribution in [3.05, 3.63) is 33.8 Å². The van der Waals surface area contributed by atoms with Crippen molar-refractivity contribution < 1.29 is 19.4 Å². The molecular weight excluding hydrogens is 305 g/mol. The number of halogens is 2. The molecule has 1 aliphatic heterocycles. The molecule has 0 aromatic heterocycles. The molecule has 0 radical (unpaired) electrons. The van der Waals surface area contributed by atoms with Crippen molar-refractivity contribution in [2.45, 2.75) is 5.60 Å². The lowest BCUT2D eigenvalue weighted by molar-refractivity contribution is -0.0720. The van der Waals surface area contributed by atoms with Gasteiger partial charge in [0.05, 0.1) is 29.8 Å². The summed E-state index contributed by atoms with van der Waals surface area (Å²) in [7, 11) is 1.53. The number of hydrogen-bond donors (Lipinski definition) is 1. The average molecular weight is 320 g/mol. The van der Waals surface area contributed by atoms with Crippen LogP contribution in [0.5, 0.6) is 0 Å². The first kappa shape index (κ1) is 15.4. The van der Waals surface area contributed by atoms with E-state index in [-0.39, 0.29) is 13.2 Å². The van der Waals surface area contributed by atoms with Crippen LogP contribution in [-0.2, 0) is 15.1 Å². The lowest BCUT2D eigenvalue weighted by atomic mass is 9.94. The highest BCUT2D eigenvalue weighted by Gasteiger charge is 2.38. The second-order valence-corrected chi connectivity index (χ2v) is 5.40. The van der Waals surface area contributed by atoms with Crippen LogP contribution < -0.4 is 0 Å². The van der Waals surface area contributed by atoms with E-state index in [0.29, 0.717) is 23.2 Å². The van der Waals surface area contributed by atoms with Gasteiger partial charge in [0.15, 0.2) is 0 Å². The summed E-state index contributed by atoms with van der Waals surface area (Å²) in [6.07, 6.45) is -1.00. The highest BCUT2D eigenvalue weighted by Crippen LogP contribution is 2.33. The van der Waals surface area contributed by atoms with Crippen molar-refractivity contribution >= 4 is 29.3 Å². The van der Waals surface area contributed by atoms with Crippen LogP contribution in [0.3, 0.4) is 0 Å². The molecule has 1 amide bonds. The van der Waals surface area contributed by atoms with E-state index >= 15 is 0 Å². The Kier molecular flexibility index (Phi) is 4.75. The molecule has 1 N–H and O–H groups in total. The Labute approximate surface area is 127 Å². The van der Waals surface area contributed by atoms with Crippen molar-refractivity contribution in [1.82, 2.24) is 4.90 Å². The fraction of sp³-hybridized carbons (Fsp3) is 0.462. The Morgan fingerprint density at radius 2 is 2.20 bits per heavy atom. The van der Waals surface area contributed by atoms with Gasteiger partial charge in [-0.3, -0.25) is 0 Å². The Balaban J connectivity index is 2.39. The minimum atomic E-state index is -1.00. The first-order valence-electron chi connectivity index (χ1n) is 6.05. The molecule has 0 spiro atoms. The van der Waals surface area contributed by atoms with E-state index in [1.165, 1.54) is 12.0 Å². The Morgan fingerprint density at radius 3 is 2.80 bits per heavy atom. The van der Waals surface area contributed by atoms with Gasteiger partial charge in [-0.2, -0.15) is 0 Å². The second kappa shape index (κ2) is 6.18. The third kappa shape index (κ3) is 3.01. The van der Waals surface area contributed by atoms with Gasteiger partial charge in [0.2, 0.25) is 0 Å². The highest BCUT2D eigenvalue weighted by atomic mass is 35.5. The van der Waals surface area contributed by atoms with Crippen LogP contribution in [0.15, 0.2) is 18.2 Å². The summed E-state index contributed by atoms with van der Waals surface area (Å²) < 4.78 is 11.1. The molecule has 1 aromatic rings. The van der Waals surface area contributed by atoms with Crippen LogP contribution >= 0.6 is 23.2 Å². The summed E-state index contributed by atoms with van der Waals surface area (Å²) >= 11 is 11.9. The molecule has 1 fully saturated rings. The van der Waals surface area contributed by atoms with E-state index in [1.54, 1.807) is 18.2 Å². The highest BCUT2D eigenvalue weighted by molar-refractivity contribution is 6.42. The Bertz CT molecular complexity index is 511. The number of rotatable bonds is 2. The van der Waals surface area contributed by atoms with Gasteiger partial charge in [0, 0.05) is 13.7 Å². The van der Waals surface area contributed by atoms with Crippen molar-refractivity contribution in [2.75, 3.05) is 33.4 Å². The summed E-state index contributed by atoms with van der Waals surface area (Å²) in [5.74, 6) is 0.